The second-order valence-corrected chi connectivity index (χ2v) is 7.33. The largest absolute Gasteiger partial charge is 0.381 e. The van der Waals surface area contributed by atoms with E-state index >= 15 is 0 Å². The molecule has 2 rings (SSSR count). The van der Waals surface area contributed by atoms with Gasteiger partial charge >= 0.3 is 0 Å². The van der Waals surface area contributed by atoms with E-state index in [0.29, 0.717) is 18.9 Å². The second-order valence-electron chi connectivity index (χ2n) is 7.33. The van der Waals surface area contributed by atoms with Gasteiger partial charge in [0.2, 0.25) is 5.91 Å². The Bertz CT molecular complexity index is 613. The van der Waals surface area contributed by atoms with Crippen LogP contribution in [-0.4, -0.2) is 51.9 Å². The van der Waals surface area contributed by atoms with E-state index in [2.05, 4.69) is 20.9 Å². The smallest absolute Gasteiger partial charge is 0.224 e. The molecule has 0 aliphatic carbocycles. The fourth-order valence-electron chi connectivity index (χ4n) is 3.11. The molecule has 0 saturated carbocycles. The Hall–Kier alpha value is -2.12. The molecule has 1 aromatic carbocycles. The van der Waals surface area contributed by atoms with Crippen LogP contribution in [0.15, 0.2) is 29.3 Å². The summed E-state index contributed by atoms with van der Waals surface area (Å²) in [6.07, 6.45) is 4.56. The second kappa shape index (κ2) is 14.0. The minimum absolute atomic E-state index is 0.0553. The van der Waals surface area contributed by atoms with Crippen LogP contribution >= 0.6 is 0 Å². The molecule has 1 fully saturated rings. The molecule has 0 unspecified atom stereocenters. The van der Waals surface area contributed by atoms with Crippen molar-refractivity contribution < 1.29 is 14.3 Å². The summed E-state index contributed by atoms with van der Waals surface area (Å²) in [6.45, 7) is 6.81. The highest BCUT2D eigenvalue weighted by Crippen LogP contribution is 2.14. The zero-order valence-corrected chi connectivity index (χ0v) is 17.8. The van der Waals surface area contributed by atoms with Crippen LogP contribution in [0.25, 0.3) is 0 Å². The number of carbonyl (C=O) groups excluding carboxylic acids is 1. The van der Waals surface area contributed by atoms with E-state index in [1.165, 1.54) is 0 Å². The SMILES string of the molecule is CCCC(=O)Nc1ccc(CNC(=NC)NCCCOCC2CCOCC2)cc1. The van der Waals surface area contributed by atoms with E-state index in [-0.39, 0.29) is 5.91 Å². The van der Waals surface area contributed by atoms with Gasteiger partial charge < -0.3 is 25.4 Å². The first-order chi connectivity index (χ1) is 14.2. The van der Waals surface area contributed by atoms with Gasteiger partial charge in [-0.2, -0.15) is 0 Å². The van der Waals surface area contributed by atoms with E-state index in [4.69, 9.17) is 9.47 Å². The maximum atomic E-state index is 11.6. The molecule has 1 aliphatic heterocycles. The van der Waals surface area contributed by atoms with Crippen molar-refractivity contribution in [1.29, 1.82) is 0 Å². The molecule has 0 bridgehead atoms. The molecule has 0 spiro atoms. The van der Waals surface area contributed by atoms with Crippen LogP contribution in [0.2, 0.25) is 0 Å². The fraction of sp³-hybridized carbons (Fsp3) is 0.636. The number of guanidine groups is 1. The van der Waals surface area contributed by atoms with E-state index in [0.717, 1.165) is 75.9 Å². The van der Waals surface area contributed by atoms with Gasteiger partial charge in [0.1, 0.15) is 0 Å². The molecule has 1 amide bonds. The lowest BCUT2D eigenvalue weighted by Gasteiger charge is -2.21. The Morgan fingerprint density at radius 2 is 1.97 bits per heavy atom. The number of nitrogens with one attached hydrogen (secondary N) is 3. The quantitative estimate of drug-likeness (QED) is 0.300. The molecule has 1 aliphatic rings. The Labute approximate surface area is 174 Å². The van der Waals surface area contributed by atoms with Gasteiger partial charge in [-0.25, -0.2) is 0 Å². The molecule has 162 valence electrons. The molecule has 29 heavy (non-hydrogen) atoms. The fourth-order valence-corrected chi connectivity index (χ4v) is 3.11. The highest BCUT2D eigenvalue weighted by Gasteiger charge is 2.13. The predicted octanol–water partition coefficient (Wildman–Crippen LogP) is 2.92. The number of amides is 1. The monoisotopic (exact) mass is 404 g/mol. The van der Waals surface area contributed by atoms with Crippen molar-refractivity contribution in [3.05, 3.63) is 29.8 Å². The number of hydrogen-bond donors (Lipinski definition) is 3. The van der Waals surface area contributed by atoms with Crippen molar-refractivity contribution in [2.24, 2.45) is 10.9 Å². The van der Waals surface area contributed by atoms with Crippen LogP contribution in [0.1, 0.15) is 44.6 Å². The maximum Gasteiger partial charge on any atom is 0.224 e. The number of hydrogen-bond acceptors (Lipinski definition) is 4. The summed E-state index contributed by atoms with van der Waals surface area (Å²) in [5, 5.41) is 9.52. The number of rotatable bonds is 11. The van der Waals surface area contributed by atoms with E-state index < -0.39 is 0 Å². The molecule has 0 atom stereocenters. The van der Waals surface area contributed by atoms with Crippen molar-refractivity contribution in [3.8, 4) is 0 Å². The van der Waals surface area contributed by atoms with Gasteiger partial charge in [0.15, 0.2) is 5.96 Å². The van der Waals surface area contributed by atoms with Crippen molar-refractivity contribution in [3.63, 3.8) is 0 Å². The van der Waals surface area contributed by atoms with Gasteiger partial charge in [0.25, 0.3) is 0 Å². The zero-order valence-electron chi connectivity index (χ0n) is 17.8. The lowest BCUT2D eigenvalue weighted by Crippen LogP contribution is -2.37. The van der Waals surface area contributed by atoms with E-state index in [1.807, 2.05) is 31.2 Å². The minimum atomic E-state index is 0.0553. The van der Waals surface area contributed by atoms with Crippen molar-refractivity contribution in [2.45, 2.75) is 45.6 Å². The Balaban J connectivity index is 1.57. The first kappa shape index (κ1) is 23.2. The Morgan fingerprint density at radius 3 is 2.66 bits per heavy atom. The molecular weight excluding hydrogens is 368 g/mol. The zero-order chi connectivity index (χ0) is 20.7. The molecule has 1 saturated heterocycles. The third kappa shape index (κ3) is 9.76. The minimum Gasteiger partial charge on any atom is -0.381 e. The van der Waals surface area contributed by atoms with Crippen LogP contribution in [0.3, 0.4) is 0 Å². The number of nitrogens with zero attached hydrogens (tertiary/aromatic N) is 1. The van der Waals surface area contributed by atoms with Crippen molar-refractivity contribution in [2.75, 3.05) is 45.3 Å². The van der Waals surface area contributed by atoms with Gasteiger partial charge in [-0.15, -0.1) is 0 Å². The number of ether oxygens (including phenoxy) is 2. The maximum absolute atomic E-state index is 11.6. The van der Waals surface area contributed by atoms with Gasteiger partial charge in [-0.05, 0) is 49.3 Å². The van der Waals surface area contributed by atoms with Crippen molar-refractivity contribution in [1.82, 2.24) is 10.6 Å². The molecule has 1 aromatic rings. The molecule has 0 aromatic heterocycles. The van der Waals surface area contributed by atoms with Crippen LogP contribution < -0.4 is 16.0 Å². The van der Waals surface area contributed by atoms with Gasteiger partial charge in [-0.1, -0.05) is 19.1 Å². The number of benzene rings is 1. The Morgan fingerprint density at radius 1 is 1.21 bits per heavy atom. The van der Waals surface area contributed by atoms with Crippen molar-refractivity contribution >= 4 is 17.6 Å². The summed E-state index contributed by atoms with van der Waals surface area (Å²) in [5.41, 5.74) is 1.96. The molecule has 7 nitrogen and oxygen atoms in total. The van der Waals surface area contributed by atoms with Crippen LogP contribution in [-0.2, 0) is 20.8 Å². The topological polar surface area (TPSA) is 84.0 Å². The van der Waals surface area contributed by atoms with Gasteiger partial charge in [0, 0.05) is 58.7 Å². The lowest BCUT2D eigenvalue weighted by molar-refractivity contribution is -0.116. The first-order valence-electron chi connectivity index (χ1n) is 10.7. The number of anilines is 1. The summed E-state index contributed by atoms with van der Waals surface area (Å²) in [5.74, 6) is 1.48. The summed E-state index contributed by atoms with van der Waals surface area (Å²) >= 11 is 0. The number of aliphatic imine (C=N–C) groups is 1. The number of carbonyl (C=O) groups is 1. The third-order valence-corrected chi connectivity index (χ3v) is 4.85. The van der Waals surface area contributed by atoms with Crippen LogP contribution in [0.5, 0.6) is 0 Å². The third-order valence-electron chi connectivity index (χ3n) is 4.85. The summed E-state index contributed by atoms with van der Waals surface area (Å²) < 4.78 is 11.2. The summed E-state index contributed by atoms with van der Waals surface area (Å²) in [6, 6.07) is 7.87. The van der Waals surface area contributed by atoms with Gasteiger partial charge in [0.05, 0.1) is 0 Å². The van der Waals surface area contributed by atoms with E-state index in [9.17, 15) is 4.79 Å². The molecule has 1 heterocycles. The standard InChI is InChI=1S/C22H36N4O3/c1-3-5-21(27)26-20-8-6-18(7-9-20)16-25-22(23-2)24-12-4-13-29-17-19-10-14-28-15-11-19/h6-9,19H,3-5,10-17H2,1-2H3,(H,26,27)(H2,23,24,25). The summed E-state index contributed by atoms with van der Waals surface area (Å²) in [7, 11) is 1.77. The average molecular weight is 405 g/mol. The van der Waals surface area contributed by atoms with Crippen LogP contribution in [0.4, 0.5) is 5.69 Å². The average Bonchev–Trinajstić information content (AvgIpc) is 2.74. The molecule has 7 heteroatoms. The first-order valence-corrected chi connectivity index (χ1v) is 10.7. The van der Waals surface area contributed by atoms with Gasteiger partial charge in [-0.3, -0.25) is 9.79 Å². The summed E-state index contributed by atoms with van der Waals surface area (Å²) in [4.78, 5) is 15.9. The highest BCUT2D eigenvalue weighted by molar-refractivity contribution is 5.90. The molecular formula is C22H36N4O3. The Kier molecular flexibility index (Phi) is 11.1. The predicted molar refractivity (Wildman–Crippen MR) is 117 cm³/mol. The van der Waals surface area contributed by atoms with Crippen LogP contribution in [0, 0.1) is 5.92 Å². The highest BCUT2D eigenvalue weighted by atomic mass is 16.5. The molecule has 3 N–H and O–H groups in total. The molecule has 0 radical (unpaired) electrons. The normalized spacial score (nSPS) is 15.2. The lowest BCUT2D eigenvalue weighted by atomic mass is 10.0. The van der Waals surface area contributed by atoms with E-state index in [1.54, 1.807) is 7.05 Å².